The summed E-state index contributed by atoms with van der Waals surface area (Å²) in [6.45, 7) is 0. The predicted octanol–water partition coefficient (Wildman–Crippen LogP) is 3.52. The number of phenolic OH excluding ortho intramolecular Hbond substituents is 1. The van der Waals surface area contributed by atoms with Crippen molar-refractivity contribution in [3.8, 4) is 5.75 Å². The molecular formula is C18H14ClN3O2. The van der Waals surface area contributed by atoms with E-state index < -0.39 is 0 Å². The highest BCUT2D eigenvalue weighted by Gasteiger charge is 2.44. The Kier molecular flexibility index (Phi) is 2.61. The fourth-order valence-corrected chi connectivity index (χ4v) is 4.24. The lowest BCUT2D eigenvalue weighted by Crippen LogP contribution is -2.30. The lowest BCUT2D eigenvalue weighted by molar-refractivity contribution is 0.0734. The van der Waals surface area contributed by atoms with Crippen molar-refractivity contribution in [2.24, 2.45) is 0 Å². The first kappa shape index (κ1) is 13.9. The molecule has 0 aliphatic carbocycles. The number of rotatable bonds is 0. The van der Waals surface area contributed by atoms with Gasteiger partial charge in [-0.1, -0.05) is 17.7 Å². The molecule has 1 amide bonds. The number of benzene rings is 2. The van der Waals surface area contributed by atoms with Crippen LogP contribution < -0.4 is 0 Å². The zero-order valence-electron chi connectivity index (χ0n) is 12.9. The summed E-state index contributed by atoms with van der Waals surface area (Å²) in [7, 11) is 1.80. The number of nitrogens with zero attached hydrogens (tertiary/aromatic N) is 3. The van der Waals surface area contributed by atoms with E-state index in [9.17, 15) is 9.90 Å². The van der Waals surface area contributed by atoms with E-state index in [1.807, 2.05) is 18.2 Å². The van der Waals surface area contributed by atoms with Crippen LogP contribution in [-0.4, -0.2) is 32.5 Å². The summed E-state index contributed by atoms with van der Waals surface area (Å²) < 4.78 is 2.12. The molecule has 3 aromatic rings. The fraction of sp³-hybridized carbons (Fsp3) is 0.222. The topological polar surface area (TPSA) is 58.4 Å². The molecule has 2 aliphatic heterocycles. The third-order valence-corrected chi connectivity index (χ3v) is 5.40. The van der Waals surface area contributed by atoms with Crippen LogP contribution in [-0.2, 0) is 0 Å². The van der Waals surface area contributed by atoms with E-state index in [0.717, 1.165) is 16.9 Å². The van der Waals surface area contributed by atoms with Gasteiger partial charge < -0.3 is 14.6 Å². The molecule has 0 radical (unpaired) electrons. The van der Waals surface area contributed by atoms with Gasteiger partial charge in [0.2, 0.25) is 0 Å². The van der Waals surface area contributed by atoms with Gasteiger partial charge in [0.15, 0.2) is 0 Å². The van der Waals surface area contributed by atoms with Gasteiger partial charge in [-0.3, -0.25) is 4.79 Å². The van der Waals surface area contributed by atoms with Crippen molar-refractivity contribution in [2.75, 3.05) is 7.05 Å². The van der Waals surface area contributed by atoms with Gasteiger partial charge in [-0.15, -0.1) is 0 Å². The molecule has 1 N–H and O–H groups in total. The molecule has 2 bridgehead atoms. The van der Waals surface area contributed by atoms with Gasteiger partial charge in [-0.2, -0.15) is 0 Å². The summed E-state index contributed by atoms with van der Waals surface area (Å²) >= 11 is 6.18. The summed E-state index contributed by atoms with van der Waals surface area (Å²) in [6, 6.07) is 10.5. The number of hydrogen-bond acceptors (Lipinski definition) is 3. The maximum absolute atomic E-state index is 12.8. The number of carbonyl (C=O) groups excluding carboxylic acids is 1. The lowest BCUT2D eigenvalue weighted by Gasteiger charge is -2.24. The Bertz CT molecular complexity index is 1030. The number of fused-ring (bicyclic) bond motifs is 9. The molecule has 3 heterocycles. The highest BCUT2D eigenvalue weighted by Crippen LogP contribution is 2.49. The molecule has 0 saturated heterocycles. The van der Waals surface area contributed by atoms with Crippen LogP contribution in [0.5, 0.6) is 5.75 Å². The van der Waals surface area contributed by atoms with E-state index in [1.165, 1.54) is 0 Å². The Morgan fingerprint density at radius 1 is 1.25 bits per heavy atom. The quantitative estimate of drug-likeness (QED) is 0.681. The second-order valence-electron chi connectivity index (χ2n) is 6.39. The number of phenols is 1. The molecule has 24 heavy (non-hydrogen) atoms. The van der Waals surface area contributed by atoms with Crippen LogP contribution in [0, 0.1) is 0 Å². The number of amides is 1. The number of hydrogen-bond donors (Lipinski definition) is 1. The van der Waals surface area contributed by atoms with E-state index in [2.05, 4.69) is 4.57 Å². The first-order valence-corrected chi connectivity index (χ1v) is 8.20. The minimum Gasteiger partial charge on any atom is -0.508 e. The van der Waals surface area contributed by atoms with Crippen LogP contribution in [0.4, 0.5) is 0 Å². The molecule has 0 unspecified atom stereocenters. The average molecular weight is 340 g/mol. The Labute approximate surface area is 143 Å². The zero-order chi connectivity index (χ0) is 16.6. The van der Waals surface area contributed by atoms with Crippen LogP contribution in [0.1, 0.15) is 40.3 Å². The van der Waals surface area contributed by atoms with Crippen molar-refractivity contribution >= 4 is 28.5 Å². The van der Waals surface area contributed by atoms with E-state index in [1.54, 1.807) is 30.1 Å². The Hall–Kier alpha value is -2.53. The average Bonchev–Trinajstić information content (AvgIpc) is 3.07. The predicted molar refractivity (Wildman–Crippen MR) is 90.4 cm³/mol. The largest absolute Gasteiger partial charge is 0.508 e. The smallest absolute Gasteiger partial charge is 0.254 e. The van der Waals surface area contributed by atoms with Crippen molar-refractivity contribution in [3.05, 3.63) is 58.4 Å². The molecule has 2 aromatic carbocycles. The summed E-state index contributed by atoms with van der Waals surface area (Å²) in [4.78, 5) is 19.3. The summed E-state index contributed by atoms with van der Waals surface area (Å²) in [5, 5.41) is 11.1. The second-order valence-corrected chi connectivity index (χ2v) is 6.83. The molecule has 1 aromatic heterocycles. The maximum atomic E-state index is 12.8. The van der Waals surface area contributed by atoms with E-state index in [4.69, 9.17) is 16.6 Å². The Morgan fingerprint density at radius 3 is 2.92 bits per heavy atom. The third kappa shape index (κ3) is 1.60. The fourth-order valence-electron chi connectivity index (χ4n) is 4.07. The minimum absolute atomic E-state index is 0.0789. The van der Waals surface area contributed by atoms with Gasteiger partial charge in [0.05, 0.1) is 23.1 Å². The van der Waals surface area contributed by atoms with Crippen molar-refractivity contribution in [2.45, 2.75) is 18.5 Å². The number of imidazole rings is 1. The molecule has 120 valence electrons. The SMILES string of the molecule is CN1C(=O)c2cccc(O)c2[C@H]2C[C@@H]1c1nc3ccc(Cl)cc3n12. The molecular weight excluding hydrogens is 326 g/mol. The van der Waals surface area contributed by atoms with Gasteiger partial charge in [-0.05, 0) is 30.3 Å². The van der Waals surface area contributed by atoms with Crippen LogP contribution in [0.15, 0.2) is 36.4 Å². The standard InChI is InChI=1S/C18H14ClN3O2/c1-21-14-8-13(16-10(18(21)24)3-2-4-15(16)23)22-12-7-9(19)5-6-11(12)20-17(14)22/h2-7,13-14,23H,8H2,1H3/t13-,14-/m1/s1. The van der Waals surface area contributed by atoms with E-state index in [0.29, 0.717) is 22.6 Å². The zero-order valence-corrected chi connectivity index (χ0v) is 13.7. The molecule has 5 nitrogen and oxygen atoms in total. The van der Waals surface area contributed by atoms with Gasteiger partial charge in [0.1, 0.15) is 11.6 Å². The third-order valence-electron chi connectivity index (χ3n) is 5.17. The molecule has 0 fully saturated rings. The van der Waals surface area contributed by atoms with Gasteiger partial charge in [0.25, 0.3) is 5.91 Å². The van der Waals surface area contributed by atoms with Crippen LogP contribution in [0.3, 0.4) is 0 Å². The number of aromatic hydroxyl groups is 1. The van der Waals surface area contributed by atoms with Gasteiger partial charge >= 0.3 is 0 Å². The highest BCUT2D eigenvalue weighted by atomic mass is 35.5. The number of halogens is 1. The number of carbonyl (C=O) groups is 1. The molecule has 2 aliphatic rings. The van der Waals surface area contributed by atoms with Crippen molar-refractivity contribution in [1.82, 2.24) is 14.5 Å². The normalized spacial score (nSPS) is 21.8. The van der Waals surface area contributed by atoms with Crippen molar-refractivity contribution in [1.29, 1.82) is 0 Å². The number of aromatic nitrogens is 2. The van der Waals surface area contributed by atoms with Gasteiger partial charge in [-0.25, -0.2) is 4.98 Å². The molecule has 0 spiro atoms. The van der Waals surface area contributed by atoms with Crippen LogP contribution in [0.25, 0.3) is 11.0 Å². The van der Waals surface area contributed by atoms with E-state index >= 15 is 0 Å². The summed E-state index contributed by atoms with van der Waals surface area (Å²) in [6.07, 6.45) is 0.706. The first-order valence-electron chi connectivity index (χ1n) is 7.82. The Balaban J connectivity index is 1.89. The van der Waals surface area contributed by atoms with Crippen molar-refractivity contribution in [3.63, 3.8) is 0 Å². The Morgan fingerprint density at radius 2 is 2.08 bits per heavy atom. The van der Waals surface area contributed by atoms with Crippen LogP contribution in [0.2, 0.25) is 5.02 Å². The highest BCUT2D eigenvalue weighted by molar-refractivity contribution is 6.31. The van der Waals surface area contributed by atoms with Gasteiger partial charge in [0, 0.05) is 29.6 Å². The van der Waals surface area contributed by atoms with Crippen LogP contribution >= 0.6 is 11.6 Å². The lowest BCUT2D eigenvalue weighted by atomic mass is 9.98. The minimum atomic E-state index is -0.126. The van der Waals surface area contributed by atoms with Crippen molar-refractivity contribution < 1.29 is 9.90 Å². The second kappa shape index (κ2) is 4.51. The summed E-state index contributed by atoms with van der Waals surface area (Å²) in [5.74, 6) is 0.920. The maximum Gasteiger partial charge on any atom is 0.254 e. The molecule has 0 saturated carbocycles. The van der Waals surface area contributed by atoms with E-state index in [-0.39, 0.29) is 23.7 Å². The molecule has 2 atom stereocenters. The molecule has 5 rings (SSSR count). The monoisotopic (exact) mass is 339 g/mol. The molecule has 6 heteroatoms. The summed E-state index contributed by atoms with van der Waals surface area (Å²) in [5.41, 5.74) is 3.01. The first-order chi connectivity index (χ1) is 11.6.